The van der Waals surface area contributed by atoms with E-state index in [4.69, 9.17) is 9.47 Å². The molecule has 0 radical (unpaired) electrons. The molecule has 0 saturated carbocycles. The van der Waals surface area contributed by atoms with Crippen molar-refractivity contribution in [1.29, 1.82) is 0 Å². The van der Waals surface area contributed by atoms with Gasteiger partial charge in [-0.3, -0.25) is 10.1 Å². The summed E-state index contributed by atoms with van der Waals surface area (Å²) in [5.41, 5.74) is 0.256. The molecular weight excluding hydrogens is 276 g/mol. The molecule has 0 heterocycles. The van der Waals surface area contributed by atoms with Crippen molar-refractivity contribution in [3.63, 3.8) is 0 Å². The number of ether oxygens (including phenoxy) is 3. The van der Waals surface area contributed by atoms with Crippen LogP contribution in [0.25, 0.3) is 6.08 Å². The Kier molecular flexibility index (Phi) is 5.24. The second kappa shape index (κ2) is 6.69. The lowest BCUT2D eigenvalue weighted by molar-refractivity contribution is -0.422. The number of hydrogen-bond donors (Lipinski definition) is 0. The van der Waals surface area contributed by atoms with Crippen molar-refractivity contribution in [2.75, 3.05) is 14.2 Å². The maximum absolute atomic E-state index is 12.3. The molecule has 0 spiro atoms. The third-order valence-electron chi connectivity index (χ3n) is 2.35. The average molecular weight is 289 g/mol. The predicted octanol–water partition coefficient (Wildman–Crippen LogP) is 2.94. The summed E-state index contributed by atoms with van der Waals surface area (Å²) in [7, 11) is 2.53. The van der Waals surface area contributed by atoms with E-state index in [-0.39, 0.29) is 22.9 Å². The molecule has 0 aliphatic carbocycles. The summed E-state index contributed by atoms with van der Waals surface area (Å²) in [6.45, 7) is -1.73. The molecule has 6 nitrogen and oxygen atoms in total. The second-order valence-electron chi connectivity index (χ2n) is 3.68. The van der Waals surface area contributed by atoms with Crippen molar-refractivity contribution in [2.24, 2.45) is 0 Å². The largest absolute Gasteiger partial charge is 0.493 e. The van der Waals surface area contributed by atoms with Crippen LogP contribution in [0.5, 0.6) is 17.2 Å². The van der Waals surface area contributed by atoms with Gasteiger partial charge in [-0.25, -0.2) is 0 Å². The first kappa shape index (κ1) is 15.7. The third kappa shape index (κ3) is 3.81. The monoisotopic (exact) mass is 289 g/mol. The molecule has 0 aromatic heterocycles. The number of halogens is 2. The lowest BCUT2D eigenvalue weighted by atomic mass is 10.1. The van der Waals surface area contributed by atoms with Crippen molar-refractivity contribution in [1.82, 2.24) is 0 Å². The van der Waals surface area contributed by atoms with Gasteiger partial charge in [0.25, 0.3) is 0 Å². The highest BCUT2D eigenvalue weighted by Gasteiger charge is 2.18. The molecule has 0 saturated heterocycles. The summed E-state index contributed by atoms with van der Waals surface area (Å²) in [5.74, 6) is -0.278. The number of benzene rings is 1. The number of rotatable bonds is 6. The van der Waals surface area contributed by atoms with Crippen LogP contribution in [0.2, 0.25) is 0 Å². The highest BCUT2D eigenvalue weighted by molar-refractivity contribution is 5.62. The van der Waals surface area contributed by atoms with E-state index in [1.807, 2.05) is 0 Å². The normalized spacial score (nSPS) is 11.4. The molecule has 8 heteroatoms. The third-order valence-corrected chi connectivity index (χ3v) is 2.35. The molecule has 0 fully saturated rings. The Morgan fingerprint density at radius 3 is 2.15 bits per heavy atom. The zero-order valence-electron chi connectivity index (χ0n) is 11.1. The first-order valence-corrected chi connectivity index (χ1v) is 5.42. The predicted molar refractivity (Wildman–Crippen MR) is 66.8 cm³/mol. The Bertz CT molecular complexity index is 506. The molecule has 0 unspecified atom stereocenters. The lowest BCUT2D eigenvalue weighted by Gasteiger charge is -2.14. The van der Waals surface area contributed by atoms with Crippen molar-refractivity contribution >= 4 is 6.08 Å². The highest BCUT2D eigenvalue weighted by atomic mass is 19.3. The summed E-state index contributed by atoms with van der Waals surface area (Å²) in [6, 6.07) is 2.68. The first-order valence-electron chi connectivity index (χ1n) is 5.42. The Morgan fingerprint density at radius 2 is 1.80 bits per heavy atom. The quantitative estimate of drug-likeness (QED) is 0.594. The Balaban J connectivity index is 3.32. The smallest absolute Gasteiger partial charge is 0.387 e. The molecule has 1 aromatic rings. The van der Waals surface area contributed by atoms with E-state index in [1.54, 1.807) is 0 Å². The summed E-state index contributed by atoms with van der Waals surface area (Å²) in [6.07, 6.45) is 1.26. The van der Waals surface area contributed by atoms with Gasteiger partial charge < -0.3 is 14.2 Å². The van der Waals surface area contributed by atoms with E-state index in [0.717, 1.165) is 0 Å². The van der Waals surface area contributed by atoms with Gasteiger partial charge >= 0.3 is 6.61 Å². The van der Waals surface area contributed by atoms with Crippen LogP contribution in [0.15, 0.2) is 17.8 Å². The standard InChI is InChI=1S/C12H13F2NO5/c1-7(15(16)17)4-8-5-9(18-2)11(20-12(13)14)10(6-8)19-3/h4-6,12H,1-3H3. The molecule has 110 valence electrons. The van der Waals surface area contributed by atoms with Crippen molar-refractivity contribution < 1.29 is 27.9 Å². The summed E-state index contributed by atoms with van der Waals surface area (Å²) >= 11 is 0. The van der Waals surface area contributed by atoms with Crippen LogP contribution < -0.4 is 14.2 Å². The number of methoxy groups -OCH3 is 2. The molecule has 0 aliphatic rings. The van der Waals surface area contributed by atoms with Crippen LogP contribution in [-0.2, 0) is 0 Å². The number of nitrogens with zero attached hydrogens (tertiary/aromatic N) is 1. The molecule has 0 aliphatic heterocycles. The maximum Gasteiger partial charge on any atom is 0.387 e. The van der Waals surface area contributed by atoms with E-state index in [2.05, 4.69) is 4.74 Å². The zero-order chi connectivity index (χ0) is 15.3. The van der Waals surface area contributed by atoms with Crippen LogP contribution in [0.1, 0.15) is 12.5 Å². The summed E-state index contributed by atoms with van der Waals surface area (Å²) < 4.78 is 38.9. The van der Waals surface area contributed by atoms with Gasteiger partial charge in [0.05, 0.1) is 19.1 Å². The van der Waals surface area contributed by atoms with E-state index in [0.29, 0.717) is 5.56 Å². The topological polar surface area (TPSA) is 70.8 Å². The van der Waals surface area contributed by atoms with Crippen LogP contribution >= 0.6 is 0 Å². The van der Waals surface area contributed by atoms with Crippen molar-refractivity contribution in [3.05, 3.63) is 33.5 Å². The summed E-state index contributed by atoms with van der Waals surface area (Å²) in [5, 5.41) is 10.6. The number of hydrogen-bond acceptors (Lipinski definition) is 5. The Morgan fingerprint density at radius 1 is 1.30 bits per heavy atom. The minimum absolute atomic E-state index is 0.00736. The maximum atomic E-state index is 12.3. The van der Waals surface area contributed by atoms with E-state index in [1.165, 1.54) is 39.4 Å². The number of allylic oxidation sites excluding steroid dienone is 1. The number of alkyl halides is 2. The van der Waals surface area contributed by atoms with E-state index >= 15 is 0 Å². The summed E-state index contributed by atoms with van der Waals surface area (Å²) in [4.78, 5) is 10.0. The fourth-order valence-electron chi connectivity index (χ4n) is 1.48. The Hall–Kier alpha value is -2.38. The zero-order valence-corrected chi connectivity index (χ0v) is 11.1. The van der Waals surface area contributed by atoms with Crippen LogP contribution in [0.4, 0.5) is 8.78 Å². The first-order chi connectivity index (χ1) is 9.38. The van der Waals surface area contributed by atoms with Gasteiger partial charge in [-0.2, -0.15) is 8.78 Å². The van der Waals surface area contributed by atoms with Gasteiger partial charge in [-0.05, 0) is 17.7 Å². The number of nitro groups is 1. The van der Waals surface area contributed by atoms with Gasteiger partial charge in [0.2, 0.25) is 11.4 Å². The molecule has 1 aromatic carbocycles. The Labute approximate surface area is 113 Å². The van der Waals surface area contributed by atoms with E-state index < -0.39 is 11.5 Å². The molecular formula is C12H13F2NO5. The SMILES string of the molecule is COc1cc(C=C(C)[N+](=O)[O-])cc(OC)c1OC(F)F. The molecule has 0 N–H and O–H groups in total. The minimum atomic E-state index is -3.04. The fourth-order valence-corrected chi connectivity index (χ4v) is 1.48. The van der Waals surface area contributed by atoms with Crippen molar-refractivity contribution in [3.8, 4) is 17.2 Å². The average Bonchev–Trinajstić information content (AvgIpc) is 2.39. The van der Waals surface area contributed by atoms with Gasteiger partial charge in [0, 0.05) is 13.0 Å². The van der Waals surface area contributed by atoms with Crippen molar-refractivity contribution in [2.45, 2.75) is 13.5 Å². The molecule has 0 bridgehead atoms. The van der Waals surface area contributed by atoms with Gasteiger partial charge in [0.1, 0.15) is 0 Å². The fraction of sp³-hybridized carbons (Fsp3) is 0.333. The minimum Gasteiger partial charge on any atom is -0.493 e. The molecule has 0 atom stereocenters. The molecule has 20 heavy (non-hydrogen) atoms. The van der Waals surface area contributed by atoms with E-state index in [9.17, 15) is 18.9 Å². The molecule has 1 rings (SSSR count). The van der Waals surface area contributed by atoms with Gasteiger partial charge in [0.15, 0.2) is 11.5 Å². The lowest BCUT2D eigenvalue weighted by Crippen LogP contribution is -2.05. The molecule has 0 amide bonds. The van der Waals surface area contributed by atoms with Gasteiger partial charge in [-0.1, -0.05) is 0 Å². The van der Waals surface area contributed by atoms with Crippen LogP contribution in [-0.4, -0.2) is 25.8 Å². The van der Waals surface area contributed by atoms with Crippen LogP contribution in [0.3, 0.4) is 0 Å². The second-order valence-corrected chi connectivity index (χ2v) is 3.68. The highest BCUT2D eigenvalue weighted by Crippen LogP contribution is 2.40. The van der Waals surface area contributed by atoms with Gasteiger partial charge in [-0.15, -0.1) is 0 Å². The van der Waals surface area contributed by atoms with Crippen LogP contribution in [0, 0.1) is 10.1 Å².